The third-order valence-electron chi connectivity index (χ3n) is 4.40. The van der Waals surface area contributed by atoms with Gasteiger partial charge in [0.05, 0.1) is 11.6 Å². The van der Waals surface area contributed by atoms with Crippen molar-refractivity contribution in [2.24, 2.45) is 0 Å². The SMILES string of the molecule is CC(C)(C)[Si](C)(C)Oc1ccc(C#Cc2ccc(C#N)cc2)cc1. The maximum atomic E-state index is 8.80. The Kier molecular flexibility index (Phi) is 5.17. The van der Waals surface area contributed by atoms with Crippen LogP contribution < -0.4 is 4.43 Å². The summed E-state index contributed by atoms with van der Waals surface area (Å²) in [7, 11) is -1.81. The van der Waals surface area contributed by atoms with Gasteiger partial charge in [0.2, 0.25) is 8.32 Å². The highest BCUT2D eigenvalue weighted by atomic mass is 28.4. The summed E-state index contributed by atoms with van der Waals surface area (Å²) in [5, 5.41) is 8.98. The Bertz CT molecular complexity index is 795. The molecule has 0 amide bonds. The van der Waals surface area contributed by atoms with E-state index in [-0.39, 0.29) is 5.04 Å². The zero-order valence-electron chi connectivity index (χ0n) is 15.0. The highest BCUT2D eigenvalue weighted by molar-refractivity contribution is 6.74. The second-order valence-corrected chi connectivity index (χ2v) is 12.1. The molecule has 0 atom stereocenters. The summed E-state index contributed by atoms with van der Waals surface area (Å²) in [5.74, 6) is 7.16. The predicted octanol–water partition coefficient (Wildman–Crippen LogP) is 5.34. The zero-order chi connectivity index (χ0) is 17.8. The minimum atomic E-state index is -1.81. The standard InChI is InChI=1S/C21H23NOSi/c1-21(2,3)24(4,5)23-20-14-12-18(13-15-20)7-6-17-8-10-19(16-22)11-9-17/h8-15H,1-5H3. The normalized spacial score (nSPS) is 11.2. The van der Waals surface area contributed by atoms with E-state index in [2.05, 4.69) is 51.8 Å². The first-order chi connectivity index (χ1) is 11.2. The van der Waals surface area contributed by atoms with Gasteiger partial charge in [-0.15, -0.1) is 0 Å². The number of nitriles is 1. The summed E-state index contributed by atoms with van der Waals surface area (Å²) in [6, 6.07) is 17.3. The second kappa shape index (κ2) is 6.95. The van der Waals surface area contributed by atoms with Crippen LogP contribution >= 0.6 is 0 Å². The molecule has 0 heterocycles. The van der Waals surface area contributed by atoms with Gasteiger partial charge < -0.3 is 4.43 Å². The van der Waals surface area contributed by atoms with Gasteiger partial charge in [0.25, 0.3) is 0 Å². The lowest BCUT2D eigenvalue weighted by Gasteiger charge is -2.36. The lowest BCUT2D eigenvalue weighted by atomic mass is 10.1. The van der Waals surface area contributed by atoms with E-state index in [1.54, 1.807) is 12.1 Å². The minimum absolute atomic E-state index is 0.182. The molecule has 3 heteroatoms. The van der Waals surface area contributed by atoms with Crippen LogP contribution in [0.25, 0.3) is 0 Å². The topological polar surface area (TPSA) is 33.0 Å². The molecule has 0 aromatic heterocycles. The molecule has 0 aliphatic carbocycles. The van der Waals surface area contributed by atoms with Crippen molar-refractivity contribution < 1.29 is 4.43 Å². The Morgan fingerprint density at radius 1 is 0.792 bits per heavy atom. The Balaban J connectivity index is 2.10. The Morgan fingerprint density at radius 2 is 1.21 bits per heavy atom. The van der Waals surface area contributed by atoms with E-state index in [0.29, 0.717) is 5.56 Å². The van der Waals surface area contributed by atoms with Crippen molar-refractivity contribution in [3.05, 3.63) is 65.2 Å². The molecule has 0 N–H and O–H groups in total. The molecule has 0 unspecified atom stereocenters. The molecule has 0 spiro atoms. The first-order valence-electron chi connectivity index (χ1n) is 8.02. The lowest BCUT2D eigenvalue weighted by Crippen LogP contribution is -2.43. The average molecular weight is 334 g/mol. The van der Waals surface area contributed by atoms with Gasteiger partial charge in [-0.05, 0) is 66.7 Å². The van der Waals surface area contributed by atoms with E-state index >= 15 is 0 Å². The highest BCUT2D eigenvalue weighted by Crippen LogP contribution is 2.37. The van der Waals surface area contributed by atoms with E-state index in [9.17, 15) is 0 Å². The molecule has 0 bridgehead atoms. The summed E-state index contributed by atoms with van der Waals surface area (Å²) in [5.41, 5.74) is 2.49. The third-order valence-corrected chi connectivity index (χ3v) is 8.76. The van der Waals surface area contributed by atoms with Gasteiger partial charge in [0, 0.05) is 11.1 Å². The van der Waals surface area contributed by atoms with Crippen LogP contribution in [0.3, 0.4) is 0 Å². The molecule has 0 saturated heterocycles. The summed E-state index contributed by atoms with van der Waals surface area (Å²) in [4.78, 5) is 0. The fourth-order valence-electron chi connectivity index (χ4n) is 1.83. The van der Waals surface area contributed by atoms with Crippen molar-refractivity contribution in [3.63, 3.8) is 0 Å². The van der Waals surface area contributed by atoms with E-state index in [4.69, 9.17) is 9.69 Å². The molecular weight excluding hydrogens is 310 g/mol. The van der Waals surface area contributed by atoms with Crippen LogP contribution in [-0.2, 0) is 0 Å². The van der Waals surface area contributed by atoms with Crippen LogP contribution in [0, 0.1) is 23.2 Å². The van der Waals surface area contributed by atoms with E-state index in [1.807, 2.05) is 36.4 Å². The number of hydrogen-bond acceptors (Lipinski definition) is 2. The summed E-state index contributed by atoms with van der Waals surface area (Å²) in [6.45, 7) is 11.2. The minimum Gasteiger partial charge on any atom is -0.544 e. The Hall–Kier alpha value is -2.49. The summed E-state index contributed by atoms with van der Waals surface area (Å²) < 4.78 is 6.27. The third kappa shape index (κ3) is 4.51. The Labute approximate surface area is 146 Å². The van der Waals surface area contributed by atoms with Crippen LogP contribution in [0.4, 0.5) is 0 Å². The number of rotatable bonds is 2. The molecule has 0 aliphatic rings. The maximum absolute atomic E-state index is 8.80. The smallest absolute Gasteiger partial charge is 0.250 e. The van der Waals surface area contributed by atoms with Gasteiger partial charge in [-0.1, -0.05) is 32.6 Å². The first-order valence-corrected chi connectivity index (χ1v) is 10.9. The maximum Gasteiger partial charge on any atom is 0.250 e. The van der Waals surface area contributed by atoms with Gasteiger partial charge in [-0.2, -0.15) is 5.26 Å². The summed E-state index contributed by atoms with van der Waals surface area (Å²) >= 11 is 0. The molecule has 2 aromatic rings. The summed E-state index contributed by atoms with van der Waals surface area (Å²) in [6.07, 6.45) is 0. The molecule has 2 rings (SSSR count). The first kappa shape index (κ1) is 17.9. The lowest BCUT2D eigenvalue weighted by molar-refractivity contribution is 0.492. The molecule has 122 valence electrons. The number of benzene rings is 2. The predicted molar refractivity (Wildman–Crippen MR) is 101 cm³/mol. The zero-order valence-corrected chi connectivity index (χ0v) is 16.0. The van der Waals surface area contributed by atoms with E-state index in [0.717, 1.165) is 16.9 Å². The molecule has 0 saturated carbocycles. The van der Waals surface area contributed by atoms with Crippen LogP contribution in [0.2, 0.25) is 18.1 Å². The monoisotopic (exact) mass is 333 g/mol. The van der Waals surface area contributed by atoms with Crippen LogP contribution in [0.15, 0.2) is 48.5 Å². The molecule has 0 radical (unpaired) electrons. The number of nitrogens with zero attached hydrogens (tertiary/aromatic N) is 1. The Morgan fingerprint density at radius 3 is 1.62 bits per heavy atom. The number of hydrogen-bond donors (Lipinski definition) is 0. The fraction of sp³-hybridized carbons (Fsp3) is 0.286. The van der Waals surface area contributed by atoms with E-state index < -0.39 is 8.32 Å². The molecular formula is C21H23NOSi. The van der Waals surface area contributed by atoms with Crippen molar-refractivity contribution in [1.29, 1.82) is 5.26 Å². The second-order valence-electron chi connectivity index (χ2n) is 7.33. The van der Waals surface area contributed by atoms with Crippen molar-refractivity contribution in [3.8, 4) is 23.7 Å². The molecule has 24 heavy (non-hydrogen) atoms. The van der Waals surface area contributed by atoms with E-state index in [1.165, 1.54) is 0 Å². The van der Waals surface area contributed by atoms with Crippen molar-refractivity contribution in [2.75, 3.05) is 0 Å². The van der Waals surface area contributed by atoms with Crippen molar-refractivity contribution in [2.45, 2.75) is 38.9 Å². The molecule has 0 aliphatic heterocycles. The van der Waals surface area contributed by atoms with Gasteiger partial charge in [-0.3, -0.25) is 0 Å². The van der Waals surface area contributed by atoms with Crippen LogP contribution in [0.5, 0.6) is 5.75 Å². The van der Waals surface area contributed by atoms with Gasteiger partial charge in [-0.25, -0.2) is 0 Å². The largest absolute Gasteiger partial charge is 0.544 e. The van der Waals surface area contributed by atoms with Crippen molar-refractivity contribution >= 4 is 8.32 Å². The quantitative estimate of drug-likeness (QED) is 0.549. The van der Waals surface area contributed by atoms with Crippen LogP contribution in [0.1, 0.15) is 37.5 Å². The molecule has 2 aromatic carbocycles. The van der Waals surface area contributed by atoms with Gasteiger partial charge in [0.1, 0.15) is 5.75 Å². The van der Waals surface area contributed by atoms with Crippen LogP contribution in [-0.4, -0.2) is 8.32 Å². The highest BCUT2D eigenvalue weighted by Gasteiger charge is 2.38. The van der Waals surface area contributed by atoms with Gasteiger partial charge in [0.15, 0.2) is 0 Å². The fourth-order valence-corrected chi connectivity index (χ4v) is 2.86. The average Bonchev–Trinajstić information content (AvgIpc) is 2.53. The molecule has 2 nitrogen and oxygen atoms in total. The van der Waals surface area contributed by atoms with Crippen molar-refractivity contribution in [1.82, 2.24) is 0 Å². The molecule has 0 fully saturated rings. The van der Waals surface area contributed by atoms with Gasteiger partial charge >= 0.3 is 0 Å².